The third-order valence-electron chi connectivity index (χ3n) is 7.35. The Labute approximate surface area is 200 Å². The van der Waals surface area contributed by atoms with Crippen LogP contribution in [-0.2, 0) is 19.3 Å². The number of hydrogen-bond acceptors (Lipinski definition) is 0. The third kappa shape index (κ3) is 3.50. The quantitative estimate of drug-likeness (QED) is 0.289. The summed E-state index contributed by atoms with van der Waals surface area (Å²) >= 11 is 0. The lowest BCUT2D eigenvalue weighted by Crippen LogP contribution is -2.73. The lowest BCUT2D eigenvalue weighted by molar-refractivity contribution is 0.921. The second-order valence-corrected chi connectivity index (χ2v) is 13.1. The molecule has 0 unspecified atom stereocenters. The van der Waals surface area contributed by atoms with E-state index in [1.807, 2.05) is 0 Å². The molecule has 4 aromatic carbocycles. The molecule has 33 heavy (non-hydrogen) atoms. The Morgan fingerprint density at radius 3 is 1.64 bits per heavy atom. The smallest absolute Gasteiger partial charge is 0.0651 e. The predicted molar refractivity (Wildman–Crippen MR) is 146 cm³/mol. The van der Waals surface area contributed by atoms with Gasteiger partial charge in [-0.15, -0.1) is 0 Å². The van der Waals surface area contributed by atoms with E-state index < -0.39 is 8.07 Å². The minimum Gasteiger partial charge on any atom is -0.0651 e. The summed E-state index contributed by atoms with van der Waals surface area (Å²) in [6, 6.07) is 35.4. The summed E-state index contributed by atoms with van der Waals surface area (Å²) in [5, 5.41) is 6.19. The highest BCUT2D eigenvalue weighted by atomic mass is 28.3. The molecule has 0 amide bonds. The molecule has 5 rings (SSSR count). The normalized spacial score (nSPS) is 13.5. The first kappa shape index (κ1) is 21.9. The van der Waals surface area contributed by atoms with Crippen molar-refractivity contribution in [3.8, 4) is 11.1 Å². The van der Waals surface area contributed by atoms with Crippen LogP contribution >= 0.6 is 0 Å². The van der Waals surface area contributed by atoms with Crippen LogP contribution in [0.3, 0.4) is 0 Å². The maximum Gasteiger partial charge on any atom is 0.181 e. The van der Waals surface area contributed by atoms with Gasteiger partial charge < -0.3 is 0 Å². The van der Waals surface area contributed by atoms with Gasteiger partial charge in [-0.25, -0.2) is 0 Å². The van der Waals surface area contributed by atoms with E-state index in [0.29, 0.717) is 0 Å². The monoisotopic (exact) mass is 446 g/mol. The average molecular weight is 447 g/mol. The number of rotatable bonds is 7. The van der Waals surface area contributed by atoms with Gasteiger partial charge in [0.05, 0.1) is 0 Å². The van der Waals surface area contributed by atoms with Crippen molar-refractivity contribution in [3.63, 3.8) is 0 Å². The number of hydrogen-bond donors (Lipinski definition) is 0. The van der Waals surface area contributed by atoms with Crippen molar-refractivity contribution in [2.75, 3.05) is 0 Å². The molecule has 1 heterocycles. The van der Waals surface area contributed by atoms with Gasteiger partial charge in [-0.05, 0) is 67.8 Å². The van der Waals surface area contributed by atoms with Crippen molar-refractivity contribution in [1.29, 1.82) is 0 Å². The highest BCUT2D eigenvalue weighted by Gasteiger charge is 2.49. The van der Waals surface area contributed by atoms with Crippen molar-refractivity contribution < 1.29 is 0 Å². The zero-order valence-electron chi connectivity index (χ0n) is 20.2. The van der Waals surface area contributed by atoms with Crippen molar-refractivity contribution in [1.82, 2.24) is 0 Å². The lowest BCUT2D eigenvalue weighted by atomic mass is 9.98. The first-order valence-corrected chi connectivity index (χ1v) is 14.6. The summed E-state index contributed by atoms with van der Waals surface area (Å²) in [5.74, 6) is 0. The summed E-state index contributed by atoms with van der Waals surface area (Å²) < 4.78 is 0. The molecule has 4 aromatic rings. The molecule has 0 N–H and O–H groups in total. The van der Waals surface area contributed by atoms with Gasteiger partial charge in [0.2, 0.25) is 0 Å². The maximum absolute atomic E-state index is 2.51. The lowest BCUT2D eigenvalue weighted by Gasteiger charge is -2.33. The van der Waals surface area contributed by atoms with Crippen LogP contribution in [0.25, 0.3) is 11.1 Å². The fourth-order valence-corrected chi connectivity index (χ4v) is 11.4. The summed E-state index contributed by atoms with van der Waals surface area (Å²) in [6.07, 6.45) is 5.71. The van der Waals surface area contributed by atoms with Crippen LogP contribution in [0.1, 0.15) is 50.3 Å². The minimum absolute atomic E-state index is 1.06. The molecular weight excluding hydrogens is 412 g/mol. The fourth-order valence-electron chi connectivity index (χ4n) is 5.96. The Morgan fingerprint density at radius 2 is 1.09 bits per heavy atom. The Balaban J connectivity index is 1.91. The number of benzene rings is 4. The second-order valence-electron chi connectivity index (χ2n) is 9.39. The Bertz CT molecular complexity index is 1210. The molecule has 1 aliphatic heterocycles. The molecule has 0 spiro atoms. The molecule has 0 aliphatic carbocycles. The van der Waals surface area contributed by atoms with E-state index in [0.717, 1.165) is 19.3 Å². The van der Waals surface area contributed by atoms with Gasteiger partial charge in [-0.3, -0.25) is 0 Å². The molecule has 166 valence electrons. The van der Waals surface area contributed by atoms with Crippen LogP contribution < -0.4 is 20.7 Å². The molecule has 0 saturated heterocycles. The largest absolute Gasteiger partial charge is 0.181 e. The molecule has 0 fully saturated rings. The molecule has 0 atom stereocenters. The van der Waals surface area contributed by atoms with Gasteiger partial charge in [0, 0.05) is 0 Å². The van der Waals surface area contributed by atoms with Gasteiger partial charge in [-0.1, -0.05) is 125 Å². The van der Waals surface area contributed by atoms with Crippen LogP contribution in [0.4, 0.5) is 0 Å². The van der Waals surface area contributed by atoms with E-state index in [1.54, 1.807) is 15.6 Å². The van der Waals surface area contributed by atoms with E-state index in [4.69, 9.17) is 0 Å². The molecule has 1 heteroatoms. The Hall–Kier alpha value is -2.90. The van der Waals surface area contributed by atoms with Gasteiger partial charge in [0.15, 0.2) is 8.07 Å². The SMILES string of the molecule is CCCc1ccc2c(c1)-c1cc(CCC)ccc1[Si]2(c1ccccc1)c1ccccc1CC. The minimum atomic E-state index is -2.38. The molecular formula is C32H34Si. The Morgan fingerprint density at radius 1 is 0.545 bits per heavy atom. The summed E-state index contributed by atoms with van der Waals surface area (Å²) in [7, 11) is -2.38. The number of fused-ring (bicyclic) bond motifs is 3. The molecule has 0 nitrogen and oxygen atoms in total. The van der Waals surface area contributed by atoms with E-state index in [-0.39, 0.29) is 0 Å². The van der Waals surface area contributed by atoms with Crippen molar-refractivity contribution >= 4 is 28.8 Å². The molecule has 1 aliphatic rings. The van der Waals surface area contributed by atoms with Gasteiger partial charge in [0.1, 0.15) is 0 Å². The summed E-state index contributed by atoms with van der Waals surface area (Å²) in [6.45, 7) is 6.86. The van der Waals surface area contributed by atoms with E-state index in [1.165, 1.54) is 45.8 Å². The van der Waals surface area contributed by atoms with Crippen LogP contribution in [0.5, 0.6) is 0 Å². The van der Waals surface area contributed by atoms with Crippen molar-refractivity contribution in [2.45, 2.75) is 52.9 Å². The summed E-state index contributed by atoms with van der Waals surface area (Å²) in [4.78, 5) is 0. The zero-order chi connectivity index (χ0) is 22.8. The fraction of sp³-hybridized carbons (Fsp3) is 0.250. The molecule has 0 bridgehead atoms. The van der Waals surface area contributed by atoms with E-state index in [9.17, 15) is 0 Å². The Kier molecular flexibility index (Phi) is 6.08. The predicted octanol–water partition coefficient (Wildman–Crippen LogP) is 5.51. The van der Waals surface area contributed by atoms with Crippen LogP contribution in [0.2, 0.25) is 0 Å². The van der Waals surface area contributed by atoms with Crippen molar-refractivity contribution in [2.24, 2.45) is 0 Å². The van der Waals surface area contributed by atoms with E-state index in [2.05, 4.69) is 112 Å². The van der Waals surface area contributed by atoms with Crippen LogP contribution in [-0.4, -0.2) is 8.07 Å². The third-order valence-corrected chi connectivity index (χ3v) is 12.3. The van der Waals surface area contributed by atoms with Crippen LogP contribution in [0, 0.1) is 0 Å². The molecule has 0 radical (unpaired) electrons. The standard InChI is InChI=1S/C32H34Si/c1-4-12-24-18-20-31-28(22-24)29-23-25(13-5-2)19-21-32(29)33(31,27-15-8-7-9-16-27)30-17-11-10-14-26(30)6-3/h7-11,14-23H,4-6,12-13H2,1-3H3. The molecule has 0 saturated carbocycles. The highest BCUT2D eigenvalue weighted by Crippen LogP contribution is 2.31. The van der Waals surface area contributed by atoms with Gasteiger partial charge in [0.25, 0.3) is 0 Å². The second kappa shape index (κ2) is 9.15. The van der Waals surface area contributed by atoms with Crippen molar-refractivity contribution in [3.05, 3.63) is 108 Å². The average Bonchev–Trinajstić information content (AvgIpc) is 3.15. The zero-order valence-corrected chi connectivity index (χ0v) is 21.2. The summed E-state index contributed by atoms with van der Waals surface area (Å²) in [5.41, 5.74) is 7.38. The maximum atomic E-state index is 2.51. The van der Waals surface area contributed by atoms with Crippen LogP contribution in [0.15, 0.2) is 91.0 Å². The highest BCUT2D eigenvalue weighted by molar-refractivity contribution is 7.22. The number of aryl methyl sites for hydroxylation is 3. The van der Waals surface area contributed by atoms with Gasteiger partial charge in [-0.2, -0.15) is 0 Å². The van der Waals surface area contributed by atoms with Gasteiger partial charge >= 0.3 is 0 Å². The molecule has 0 aromatic heterocycles. The van der Waals surface area contributed by atoms with E-state index >= 15 is 0 Å². The first-order valence-electron chi connectivity index (χ1n) is 12.6. The topological polar surface area (TPSA) is 0 Å². The first-order chi connectivity index (χ1) is 16.2.